The van der Waals surface area contributed by atoms with Gasteiger partial charge in [0.2, 0.25) is 5.91 Å². The Morgan fingerprint density at radius 3 is 2.22 bits per heavy atom. The van der Waals surface area contributed by atoms with Crippen LogP contribution in [0.2, 0.25) is 0 Å². The fourth-order valence-electron chi connectivity index (χ4n) is 2.61. The van der Waals surface area contributed by atoms with E-state index in [4.69, 9.17) is 10.5 Å². The predicted octanol–water partition coefficient (Wildman–Crippen LogP) is 3.86. The molecule has 3 N–H and O–H groups in total. The Bertz CT molecular complexity index is 937. The Morgan fingerprint density at radius 2 is 1.56 bits per heavy atom. The second-order valence-corrected chi connectivity index (χ2v) is 6.08. The largest absolute Gasteiger partial charge is 0.481 e. The maximum atomic E-state index is 12.3. The third kappa shape index (κ3) is 4.73. The van der Waals surface area contributed by atoms with Gasteiger partial charge in [-0.05, 0) is 48.4 Å². The molecule has 1 unspecified atom stereocenters. The number of carbonyl (C=O) groups excluding carboxylic acids is 2. The Morgan fingerprint density at radius 1 is 0.889 bits per heavy atom. The van der Waals surface area contributed by atoms with Crippen LogP contribution in [-0.4, -0.2) is 17.9 Å². The van der Waals surface area contributed by atoms with Crippen molar-refractivity contribution in [3.63, 3.8) is 0 Å². The molecule has 3 rings (SSSR count). The van der Waals surface area contributed by atoms with E-state index in [1.165, 1.54) is 6.07 Å². The topological polar surface area (TPSA) is 81.4 Å². The Hall–Kier alpha value is -3.60. The number of hydrogen-bond donors (Lipinski definition) is 2. The number of anilines is 1. The number of primary amides is 1. The first-order valence-electron chi connectivity index (χ1n) is 8.56. The van der Waals surface area contributed by atoms with Crippen molar-refractivity contribution >= 4 is 17.5 Å². The summed E-state index contributed by atoms with van der Waals surface area (Å²) in [5.74, 6) is -0.263. The lowest BCUT2D eigenvalue weighted by Crippen LogP contribution is -2.30. The van der Waals surface area contributed by atoms with Gasteiger partial charge in [-0.1, -0.05) is 48.5 Å². The van der Waals surface area contributed by atoms with Gasteiger partial charge in [0.05, 0.1) is 0 Å². The van der Waals surface area contributed by atoms with Crippen molar-refractivity contribution in [2.45, 2.75) is 13.0 Å². The van der Waals surface area contributed by atoms with Gasteiger partial charge in [0.15, 0.2) is 6.10 Å². The maximum Gasteiger partial charge on any atom is 0.265 e. The van der Waals surface area contributed by atoms with Gasteiger partial charge in [0.25, 0.3) is 5.91 Å². The van der Waals surface area contributed by atoms with Crippen LogP contribution in [0.1, 0.15) is 17.3 Å². The first kappa shape index (κ1) is 18.2. The molecule has 5 heteroatoms. The molecule has 0 saturated heterocycles. The highest BCUT2D eigenvalue weighted by molar-refractivity contribution is 5.97. The smallest absolute Gasteiger partial charge is 0.265 e. The van der Waals surface area contributed by atoms with Crippen LogP contribution in [0.3, 0.4) is 0 Å². The second kappa shape index (κ2) is 8.19. The highest BCUT2D eigenvalue weighted by atomic mass is 16.5. The second-order valence-electron chi connectivity index (χ2n) is 6.08. The van der Waals surface area contributed by atoms with Crippen LogP contribution in [0.25, 0.3) is 11.1 Å². The molecule has 3 aromatic rings. The zero-order valence-corrected chi connectivity index (χ0v) is 14.9. The molecule has 2 amide bonds. The third-order valence-electron chi connectivity index (χ3n) is 4.06. The highest BCUT2D eigenvalue weighted by Crippen LogP contribution is 2.23. The van der Waals surface area contributed by atoms with Crippen LogP contribution in [-0.2, 0) is 4.79 Å². The number of ether oxygens (including phenoxy) is 1. The average molecular weight is 360 g/mol. The van der Waals surface area contributed by atoms with E-state index in [2.05, 4.69) is 5.32 Å². The third-order valence-corrected chi connectivity index (χ3v) is 4.06. The Labute approximate surface area is 157 Å². The molecule has 0 radical (unpaired) electrons. The van der Waals surface area contributed by atoms with Gasteiger partial charge in [-0.3, -0.25) is 9.59 Å². The summed E-state index contributed by atoms with van der Waals surface area (Å²) in [7, 11) is 0. The summed E-state index contributed by atoms with van der Waals surface area (Å²) in [4.78, 5) is 23.6. The van der Waals surface area contributed by atoms with E-state index in [9.17, 15) is 9.59 Å². The molecule has 1 atom stereocenters. The molecule has 136 valence electrons. The normalized spacial score (nSPS) is 11.4. The molecule has 0 aliphatic rings. The number of nitrogens with two attached hydrogens (primary N) is 1. The molecule has 5 nitrogen and oxygen atoms in total. The standard InChI is InChI=1S/C22H20N2O3/c1-15(22(26)24-19-9-5-8-18(14-19)21(23)25)27-20-12-10-17(11-13-20)16-6-3-2-4-7-16/h2-15H,1H3,(H2,23,25)(H,24,26). The summed E-state index contributed by atoms with van der Waals surface area (Å²) in [6.45, 7) is 1.67. The molecule has 0 aliphatic carbocycles. The summed E-state index contributed by atoms with van der Waals surface area (Å²) < 4.78 is 5.71. The molecule has 27 heavy (non-hydrogen) atoms. The van der Waals surface area contributed by atoms with Crippen molar-refractivity contribution in [1.29, 1.82) is 0 Å². The zero-order valence-electron chi connectivity index (χ0n) is 14.9. The molecule has 0 aromatic heterocycles. The van der Waals surface area contributed by atoms with Gasteiger partial charge >= 0.3 is 0 Å². The molecule has 0 fully saturated rings. The number of nitrogens with one attached hydrogen (secondary N) is 1. The fraction of sp³-hybridized carbons (Fsp3) is 0.0909. The molecule has 3 aromatic carbocycles. The average Bonchev–Trinajstić information content (AvgIpc) is 2.69. The molecular formula is C22H20N2O3. The monoisotopic (exact) mass is 360 g/mol. The van der Waals surface area contributed by atoms with Crippen molar-refractivity contribution in [3.8, 4) is 16.9 Å². The van der Waals surface area contributed by atoms with E-state index >= 15 is 0 Å². The van der Waals surface area contributed by atoms with Crippen LogP contribution < -0.4 is 15.8 Å². The summed E-state index contributed by atoms with van der Waals surface area (Å²) in [5, 5.41) is 2.72. The van der Waals surface area contributed by atoms with E-state index in [-0.39, 0.29) is 5.91 Å². The van der Waals surface area contributed by atoms with Gasteiger partial charge < -0.3 is 15.8 Å². The molecule has 0 heterocycles. The molecule has 0 bridgehead atoms. The zero-order chi connectivity index (χ0) is 19.2. The van der Waals surface area contributed by atoms with E-state index in [1.54, 1.807) is 25.1 Å². The van der Waals surface area contributed by atoms with Gasteiger partial charge in [0, 0.05) is 11.3 Å². The van der Waals surface area contributed by atoms with Gasteiger partial charge in [-0.2, -0.15) is 0 Å². The molecule has 0 aliphatic heterocycles. The number of amides is 2. The van der Waals surface area contributed by atoms with Crippen molar-refractivity contribution < 1.29 is 14.3 Å². The Balaban J connectivity index is 1.63. The fourth-order valence-corrected chi connectivity index (χ4v) is 2.61. The van der Waals surface area contributed by atoms with Crippen LogP contribution in [0.4, 0.5) is 5.69 Å². The summed E-state index contributed by atoms with van der Waals surface area (Å²) >= 11 is 0. The van der Waals surface area contributed by atoms with E-state index in [0.717, 1.165) is 11.1 Å². The lowest BCUT2D eigenvalue weighted by Gasteiger charge is -2.15. The van der Waals surface area contributed by atoms with Crippen molar-refractivity contribution in [3.05, 3.63) is 84.4 Å². The summed E-state index contributed by atoms with van der Waals surface area (Å²) in [5.41, 5.74) is 8.26. The predicted molar refractivity (Wildman–Crippen MR) is 106 cm³/mol. The number of benzene rings is 3. The van der Waals surface area contributed by atoms with Crippen molar-refractivity contribution in [2.24, 2.45) is 5.73 Å². The number of rotatable bonds is 6. The van der Waals surface area contributed by atoms with E-state index < -0.39 is 12.0 Å². The Kier molecular flexibility index (Phi) is 5.52. The first-order chi connectivity index (χ1) is 13.0. The van der Waals surface area contributed by atoms with Crippen LogP contribution in [0, 0.1) is 0 Å². The quantitative estimate of drug-likeness (QED) is 0.700. The maximum absolute atomic E-state index is 12.3. The van der Waals surface area contributed by atoms with Crippen molar-refractivity contribution in [1.82, 2.24) is 0 Å². The van der Waals surface area contributed by atoms with E-state index in [0.29, 0.717) is 17.0 Å². The highest BCUT2D eigenvalue weighted by Gasteiger charge is 2.15. The first-order valence-corrected chi connectivity index (χ1v) is 8.56. The summed E-state index contributed by atoms with van der Waals surface area (Å²) in [6, 6.07) is 24.0. The lowest BCUT2D eigenvalue weighted by molar-refractivity contribution is -0.122. The van der Waals surface area contributed by atoms with Gasteiger partial charge in [-0.15, -0.1) is 0 Å². The minimum Gasteiger partial charge on any atom is -0.481 e. The van der Waals surface area contributed by atoms with Gasteiger partial charge in [0.1, 0.15) is 5.75 Å². The van der Waals surface area contributed by atoms with Gasteiger partial charge in [-0.25, -0.2) is 0 Å². The minimum atomic E-state index is -0.704. The lowest BCUT2D eigenvalue weighted by atomic mass is 10.1. The molecule has 0 spiro atoms. The van der Waals surface area contributed by atoms with Crippen LogP contribution in [0.5, 0.6) is 5.75 Å². The number of hydrogen-bond acceptors (Lipinski definition) is 3. The van der Waals surface area contributed by atoms with Crippen molar-refractivity contribution in [2.75, 3.05) is 5.32 Å². The van der Waals surface area contributed by atoms with Crippen LogP contribution >= 0.6 is 0 Å². The number of carbonyl (C=O) groups is 2. The summed E-state index contributed by atoms with van der Waals surface area (Å²) in [6.07, 6.45) is -0.704. The minimum absolute atomic E-state index is 0.316. The molecular weight excluding hydrogens is 340 g/mol. The SMILES string of the molecule is CC(Oc1ccc(-c2ccccc2)cc1)C(=O)Nc1cccc(C(N)=O)c1. The van der Waals surface area contributed by atoms with Crippen LogP contribution in [0.15, 0.2) is 78.9 Å². The molecule has 0 saturated carbocycles. The van der Waals surface area contributed by atoms with E-state index in [1.807, 2.05) is 54.6 Å².